The number of rotatable bonds is 5. The maximum Gasteiger partial charge on any atom is 0.155 e. The highest BCUT2D eigenvalue weighted by Crippen LogP contribution is 2.01. The number of aromatic nitrogens is 2. The molecular weight excluding hydrogens is 176 g/mol. The fourth-order valence-electron chi connectivity index (χ4n) is 1.20. The quantitative estimate of drug-likeness (QED) is 0.668. The molecule has 0 aromatic carbocycles. The summed E-state index contributed by atoms with van der Waals surface area (Å²) in [5.41, 5.74) is 1.12. The Labute approximate surface area is 84.4 Å². The monoisotopic (exact) mass is 192 g/mol. The summed E-state index contributed by atoms with van der Waals surface area (Å²) in [5.74, 6) is 0.190. The van der Waals surface area contributed by atoms with Crippen LogP contribution in [0.1, 0.15) is 25.3 Å². The molecule has 1 rings (SSSR count). The zero-order valence-electron chi connectivity index (χ0n) is 8.73. The Morgan fingerprint density at radius 2 is 2.43 bits per heavy atom. The van der Waals surface area contributed by atoms with Crippen molar-refractivity contribution in [2.75, 3.05) is 0 Å². The van der Waals surface area contributed by atoms with Crippen molar-refractivity contribution in [2.45, 2.75) is 26.2 Å². The lowest BCUT2D eigenvalue weighted by molar-refractivity contribution is -0.114. The molecule has 0 spiro atoms. The number of hydrogen-bond donors (Lipinski definition) is 0. The second kappa shape index (κ2) is 5.37. The minimum Gasteiger partial charge on any atom is -0.295 e. The van der Waals surface area contributed by atoms with E-state index in [1.54, 1.807) is 17.0 Å². The molecule has 0 aliphatic carbocycles. The molecule has 3 nitrogen and oxygen atoms in total. The zero-order chi connectivity index (χ0) is 10.4. The molecule has 0 atom stereocenters. The minimum absolute atomic E-state index is 0.190. The Morgan fingerprint density at radius 1 is 1.64 bits per heavy atom. The van der Waals surface area contributed by atoms with Crippen molar-refractivity contribution >= 4 is 5.78 Å². The molecule has 1 heterocycles. The molecule has 0 saturated carbocycles. The highest BCUT2D eigenvalue weighted by atomic mass is 16.1. The molecule has 3 heteroatoms. The molecule has 0 saturated heterocycles. The molecule has 0 N–H and O–H groups in total. The van der Waals surface area contributed by atoms with Gasteiger partial charge in [-0.3, -0.25) is 9.48 Å². The largest absolute Gasteiger partial charge is 0.295 e. The summed E-state index contributed by atoms with van der Waals surface area (Å²) in [6, 6.07) is 0. The van der Waals surface area contributed by atoms with Crippen molar-refractivity contribution in [3.8, 4) is 0 Å². The number of nitrogens with zero attached hydrogens (tertiary/aromatic N) is 2. The first-order valence-electron chi connectivity index (χ1n) is 4.89. The van der Waals surface area contributed by atoms with E-state index in [1.165, 1.54) is 0 Å². The molecule has 0 radical (unpaired) electrons. The second-order valence-corrected chi connectivity index (χ2v) is 3.30. The molecule has 14 heavy (non-hydrogen) atoms. The topological polar surface area (TPSA) is 34.9 Å². The first-order valence-corrected chi connectivity index (χ1v) is 4.89. The predicted octanol–water partition coefficient (Wildman–Crippen LogP) is 1.89. The van der Waals surface area contributed by atoms with Gasteiger partial charge >= 0.3 is 0 Å². The lowest BCUT2D eigenvalue weighted by atomic mass is 10.1. The second-order valence-electron chi connectivity index (χ2n) is 3.30. The van der Waals surface area contributed by atoms with Crippen molar-refractivity contribution in [3.05, 3.63) is 30.1 Å². The van der Waals surface area contributed by atoms with E-state index in [0.717, 1.165) is 18.4 Å². The summed E-state index contributed by atoms with van der Waals surface area (Å²) in [6.45, 7) is 2.02. The van der Waals surface area contributed by atoms with Gasteiger partial charge in [0.2, 0.25) is 0 Å². The fourth-order valence-corrected chi connectivity index (χ4v) is 1.20. The molecule has 1 aromatic heterocycles. The zero-order valence-corrected chi connectivity index (χ0v) is 8.73. The van der Waals surface area contributed by atoms with E-state index < -0.39 is 0 Å². The van der Waals surface area contributed by atoms with Crippen LogP contribution in [0.2, 0.25) is 0 Å². The fraction of sp³-hybridized carbons (Fsp3) is 0.455. The summed E-state index contributed by atoms with van der Waals surface area (Å²) in [7, 11) is 1.88. The maximum atomic E-state index is 11.3. The summed E-state index contributed by atoms with van der Waals surface area (Å²) in [6.07, 6.45) is 9.57. The lowest BCUT2D eigenvalue weighted by Crippen LogP contribution is -1.95. The minimum atomic E-state index is 0.190. The third-order valence-corrected chi connectivity index (χ3v) is 1.96. The number of carbonyl (C=O) groups excluding carboxylic acids is 1. The number of ketones is 1. The average Bonchev–Trinajstić information content (AvgIpc) is 2.58. The molecule has 0 aliphatic rings. The van der Waals surface area contributed by atoms with Gasteiger partial charge in [0.05, 0.1) is 6.20 Å². The van der Waals surface area contributed by atoms with Gasteiger partial charge < -0.3 is 0 Å². The van der Waals surface area contributed by atoms with Gasteiger partial charge in [-0.2, -0.15) is 5.10 Å². The SMILES string of the molecule is CC/C=C/C(=O)CCc1cnn(C)c1. The average molecular weight is 192 g/mol. The van der Waals surface area contributed by atoms with Gasteiger partial charge in [0.15, 0.2) is 5.78 Å². The van der Waals surface area contributed by atoms with Crippen LogP contribution in [0.3, 0.4) is 0 Å². The Morgan fingerprint density at radius 3 is 3.00 bits per heavy atom. The van der Waals surface area contributed by atoms with Gasteiger partial charge in [0.25, 0.3) is 0 Å². The maximum absolute atomic E-state index is 11.3. The normalized spacial score (nSPS) is 11.0. The highest BCUT2D eigenvalue weighted by Gasteiger charge is 1.99. The van der Waals surface area contributed by atoms with Gasteiger partial charge in [-0.05, 0) is 24.5 Å². The van der Waals surface area contributed by atoms with Crippen LogP contribution < -0.4 is 0 Å². The summed E-state index contributed by atoms with van der Waals surface area (Å²) in [4.78, 5) is 11.3. The van der Waals surface area contributed by atoms with Gasteiger partial charge in [-0.25, -0.2) is 0 Å². The smallest absolute Gasteiger partial charge is 0.155 e. The van der Waals surface area contributed by atoms with Gasteiger partial charge in [-0.15, -0.1) is 0 Å². The summed E-state index contributed by atoms with van der Waals surface area (Å²) in [5, 5.41) is 4.04. The Balaban J connectivity index is 2.34. The van der Waals surface area contributed by atoms with Gasteiger partial charge in [0, 0.05) is 19.7 Å². The third-order valence-electron chi connectivity index (χ3n) is 1.96. The van der Waals surface area contributed by atoms with Gasteiger partial charge in [-0.1, -0.05) is 13.0 Å². The molecule has 0 aliphatic heterocycles. The van der Waals surface area contributed by atoms with E-state index in [2.05, 4.69) is 5.10 Å². The predicted molar refractivity (Wildman–Crippen MR) is 56.0 cm³/mol. The molecule has 0 amide bonds. The van der Waals surface area contributed by atoms with E-state index in [9.17, 15) is 4.79 Å². The van der Waals surface area contributed by atoms with Crippen molar-refractivity contribution < 1.29 is 4.79 Å². The molecule has 0 bridgehead atoms. The van der Waals surface area contributed by atoms with E-state index in [4.69, 9.17) is 0 Å². The van der Waals surface area contributed by atoms with Crippen molar-refractivity contribution in [2.24, 2.45) is 7.05 Å². The summed E-state index contributed by atoms with van der Waals surface area (Å²) < 4.78 is 1.75. The van der Waals surface area contributed by atoms with E-state index in [1.807, 2.05) is 26.2 Å². The van der Waals surface area contributed by atoms with Crippen LogP contribution in [0.25, 0.3) is 0 Å². The lowest BCUT2D eigenvalue weighted by Gasteiger charge is -1.92. The standard InChI is InChI=1S/C11H16N2O/c1-3-4-5-11(14)7-6-10-8-12-13(2)9-10/h4-5,8-9H,3,6-7H2,1-2H3/b5-4+. The van der Waals surface area contributed by atoms with Crippen LogP contribution in [0, 0.1) is 0 Å². The van der Waals surface area contributed by atoms with Crippen molar-refractivity contribution in [3.63, 3.8) is 0 Å². The van der Waals surface area contributed by atoms with Crippen LogP contribution in [0.4, 0.5) is 0 Å². The van der Waals surface area contributed by atoms with E-state index in [-0.39, 0.29) is 5.78 Å². The van der Waals surface area contributed by atoms with E-state index >= 15 is 0 Å². The van der Waals surface area contributed by atoms with Crippen molar-refractivity contribution in [1.82, 2.24) is 9.78 Å². The highest BCUT2D eigenvalue weighted by molar-refractivity contribution is 5.89. The summed E-state index contributed by atoms with van der Waals surface area (Å²) >= 11 is 0. The molecule has 0 unspecified atom stereocenters. The Kier molecular flexibility index (Phi) is 4.11. The van der Waals surface area contributed by atoms with Gasteiger partial charge in [0.1, 0.15) is 0 Å². The molecular formula is C11H16N2O. The van der Waals surface area contributed by atoms with Crippen LogP contribution in [-0.4, -0.2) is 15.6 Å². The number of carbonyl (C=O) groups is 1. The first-order chi connectivity index (χ1) is 6.72. The van der Waals surface area contributed by atoms with Crippen LogP contribution in [0.5, 0.6) is 0 Å². The van der Waals surface area contributed by atoms with Crippen LogP contribution in [-0.2, 0) is 18.3 Å². The van der Waals surface area contributed by atoms with Crippen molar-refractivity contribution in [1.29, 1.82) is 0 Å². The third kappa shape index (κ3) is 3.56. The molecule has 1 aromatic rings. The molecule has 0 fully saturated rings. The Hall–Kier alpha value is -1.38. The van der Waals surface area contributed by atoms with E-state index in [0.29, 0.717) is 6.42 Å². The number of aryl methyl sites for hydroxylation is 2. The van der Waals surface area contributed by atoms with Crippen LogP contribution in [0.15, 0.2) is 24.5 Å². The number of allylic oxidation sites excluding steroid dienone is 2. The Bertz CT molecular complexity index is 326. The molecule has 76 valence electrons. The number of hydrogen-bond acceptors (Lipinski definition) is 2. The van der Waals surface area contributed by atoms with Crippen LogP contribution >= 0.6 is 0 Å². The first kappa shape index (κ1) is 10.7.